The molecule has 0 fully saturated rings. The molecule has 0 rings (SSSR count). The Hall–Kier alpha value is -2.18. The first-order chi connectivity index (χ1) is 31.0. The zero-order chi connectivity index (χ0) is 45.8. The summed E-state index contributed by atoms with van der Waals surface area (Å²) in [5, 5.41) is 23.2. The molecule has 2 atom stereocenters. The molecule has 0 spiro atoms. The van der Waals surface area contributed by atoms with Crippen molar-refractivity contribution in [3.63, 3.8) is 0 Å². The molecule has 0 aromatic carbocycles. The van der Waals surface area contributed by atoms with Crippen LogP contribution in [-0.2, 0) is 14.3 Å². The van der Waals surface area contributed by atoms with E-state index in [1.165, 1.54) is 161 Å². The quantitative estimate of drug-likeness (QED) is 0.0245. The molecule has 368 valence electrons. The highest BCUT2D eigenvalue weighted by Crippen LogP contribution is 2.16. The lowest BCUT2D eigenvalue weighted by molar-refractivity contribution is -0.143. The first-order valence-corrected chi connectivity index (χ1v) is 27.4. The van der Waals surface area contributed by atoms with E-state index in [1.807, 2.05) is 0 Å². The van der Waals surface area contributed by atoms with Crippen LogP contribution in [0, 0.1) is 0 Å². The Morgan fingerprint density at radius 1 is 0.460 bits per heavy atom. The van der Waals surface area contributed by atoms with Gasteiger partial charge in [-0.1, -0.05) is 223 Å². The van der Waals surface area contributed by atoms with Gasteiger partial charge in [-0.05, 0) is 89.9 Å². The van der Waals surface area contributed by atoms with Gasteiger partial charge < -0.3 is 20.3 Å². The second kappa shape index (κ2) is 52.4. The Kier molecular flexibility index (Phi) is 50.6. The molecule has 0 saturated carbocycles. The van der Waals surface area contributed by atoms with Gasteiger partial charge in [0.2, 0.25) is 5.91 Å². The summed E-state index contributed by atoms with van der Waals surface area (Å²) in [6.45, 7) is 4.87. The summed E-state index contributed by atoms with van der Waals surface area (Å²) in [5.41, 5.74) is 0. The Bertz CT molecular complexity index is 1070. The van der Waals surface area contributed by atoms with Crippen LogP contribution in [0.4, 0.5) is 0 Å². The zero-order valence-corrected chi connectivity index (χ0v) is 41.8. The van der Waals surface area contributed by atoms with Gasteiger partial charge in [0.15, 0.2) is 0 Å². The number of carbonyl (C=O) groups is 2. The van der Waals surface area contributed by atoms with Crippen LogP contribution < -0.4 is 5.32 Å². The molecule has 0 aromatic rings. The van der Waals surface area contributed by atoms with Gasteiger partial charge in [-0.2, -0.15) is 0 Å². The number of esters is 1. The van der Waals surface area contributed by atoms with E-state index >= 15 is 0 Å². The number of aliphatic hydroxyl groups is 2. The van der Waals surface area contributed by atoms with Crippen molar-refractivity contribution in [3.8, 4) is 0 Å². The maximum Gasteiger partial charge on any atom is 0.305 e. The number of hydrogen-bond donors (Lipinski definition) is 3. The molecule has 2 unspecified atom stereocenters. The fourth-order valence-corrected chi connectivity index (χ4v) is 8.13. The molecule has 6 heteroatoms. The number of unbranched alkanes of at least 4 members (excludes halogenated alkanes) is 32. The van der Waals surface area contributed by atoms with Crippen molar-refractivity contribution in [3.05, 3.63) is 48.6 Å². The van der Waals surface area contributed by atoms with E-state index in [2.05, 4.69) is 67.8 Å². The smallest absolute Gasteiger partial charge is 0.305 e. The minimum absolute atomic E-state index is 0.0296. The topological polar surface area (TPSA) is 95.9 Å². The van der Waals surface area contributed by atoms with Crippen molar-refractivity contribution >= 4 is 11.9 Å². The van der Waals surface area contributed by atoms with Crippen LogP contribution in [0.5, 0.6) is 0 Å². The average molecular weight is 884 g/mol. The molecule has 6 nitrogen and oxygen atoms in total. The third kappa shape index (κ3) is 49.1. The van der Waals surface area contributed by atoms with E-state index in [1.54, 1.807) is 0 Å². The number of nitrogens with one attached hydrogen (secondary N) is 1. The van der Waals surface area contributed by atoms with Crippen molar-refractivity contribution < 1.29 is 24.5 Å². The normalized spacial score (nSPS) is 13.0. The van der Waals surface area contributed by atoms with E-state index in [9.17, 15) is 19.8 Å². The van der Waals surface area contributed by atoms with Crippen LogP contribution in [0.3, 0.4) is 0 Å². The van der Waals surface area contributed by atoms with E-state index in [-0.39, 0.29) is 18.5 Å². The van der Waals surface area contributed by atoms with Gasteiger partial charge in [0.25, 0.3) is 0 Å². The van der Waals surface area contributed by atoms with Crippen molar-refractivity contribution in [2.45, 2.75) is 289 Å². The fraction of sp³-hybridized carbons (Fsp3) is 0.825. The van der Waals surface area contributed by atoms with Crippen molar-refractivity contribution in [1.29, 1.82) is 0 Å². The number of amides is 1. The predicted octanol–water partition coefficient (Wildman–Crippen LogP) is 16.6. The summed E-state index contributed by atoms with van der Waals surface area (Å²) in [6.07, 6.45) is 65.2. The molecule has 0 radical (unpaired) electrons. The molecule has 0 aliphatic carbocycles. The van der Waals surface area contributed by atoms with Crippen molar-refractivity contribution in [2.75, 3.05) is 13.2 Å². The molecule has 3 N–H and O–H groups in total. The summed E-state index contributed by atoms with van der Waals surface area (Å²) >= 11 is 0. The summed E-state index contributed by atoms with van der Waals surface area (Å²) in [7, 11) is 0. The Morgan fingerprint density at radius 3 is 1.32 bits per heavy atom. The lowest BCUT2D eigenvalue weighted by atomic mass is 10.0. The molecule has 0 aliphatic heterocycles. The SMILES string of the molecule is CCCCCC/C=C\C/C=C\CCCCCCCCCC(=O)OCCCCC/C=C\C=C/CCCCCCCCC(=O)NC(CO)C(O)CCCCCCCCCCCCCCC. The second-order valence-electron chi connectivity index (χ2n) is 18.6. The van der Waals surface area contributed by atoms with Gasteiger partial charge in [0.05, 0.1) is 25.4 Å². The minimum Gasteiger partial charge on any atom is -0.466 e. The van der Waals surface area contributed by atoms with Crippen LogP contribution in [-0.4, -0.2) is 47.4 Å². The van der Waals surface area contributed by atoms with Gasteiger partial charge in [0.1, 0.15) is 0 Å². The van der Waals surface area contributed by atoms with Crippen LogP contribution in [0.1, 0.15) is 277 Å². The molecule has 0 saturated heterocycles. The van der Waals surface area contributed by atoms with E-state index in [0.717, 1.165) is 83.5 Å². The zero-order valence-electron chi connectivity index (χ0n) is 41.8. The number of hydrogen-bond acceptors (Lipinski definition) is 5. The van der Waals surface area contributed by atoms with Crippen molar-refractivity contribution in [2.24, 2.45) is 0 Å². The summed E-state index contributed by atoms with van der Waals surface area (Å²) in [6, 6.07) is -0.558. The maximum atomic E-state index is 12.4. The Balaban J connectivity index is 3.52. The number of aliphatic hydroxyl groups excluding tert-OH is 2. The standard InChI is InChI=1S/C57H105NO5/c1-3-5-7-9-11-13-15-17-18-19-20-23-27-31-35-39-43-47-51-57(62)63-52-48-44-40-36-32-28-24-21-22-26-30-34-38-42-46-50-56(61)58-54(53-59)55(60)49-45-41-37-33-29-25-16-14-12-10-8-6-4-2/h13,15,18-19,21,24,28,32,54-55,59-60H,3-12,14,16-17,20,22-23,25-27,29-31,33-53H2,1-2H3,(H,58,61)/b15-13-,19-18-,24-21-,32-28-. The van der Waals surface area contributed by atoms with Gasteiger partial charge in [-0.15, -0.1) is 0 Å². The van der Waals surface area contributed by atoms with Gasteiger partial charge in [0, 0.05) is 12.8 Å². The Labute approximate surface area is 391 Å². The second-order valence-corrected chi connectivity index (χ2v) is 18.6. The number of allylic oxidation sites excluding steroid dienone is 8. The molecular weight excluding hydrogens is 779 g/mol. The molecule has 63 heavy (non-hydrogen) atoms. The largest absolute Gasteiger partial charge is 0.466 e. The van der Waals surface area contributed by atoms with E-state index in [4.69, 9.17) is 4.74 Å². The lowest BCUT2D eigenvalue weighted by Crippen LogP contribution is -2.45. The molecular formula is C57H105NO5. The van der Waals surface area contributed by atoms with Gasteiger partial charge >= 0.3 is 5.97 Å². The van der Waals surface area contributed by atoms with Crippen LogP contribution in [0.15, 0.2) is 48.6 Å². The van der Waals surface area contributed by atoms with Gasteiger partial charge in [-0.25, -0.2) is 0 Å². The highest BCUT2D eigenvalue weighted by molar-refractivity contribution is 5.76. The highest BCUT2D eigenvalue weighted by Gasteiger charge is 2.20. The summed E-state index contributed by atoms with van der Waals surface area (Å²) in [4.78, 5) is 24.5. The predicted molar refractivity (Wildman–Crippen MR) is 273 cm³/mol. The highest BCUT2D eigenvalue weighted by atomic mass is 16.5. The fourth-order valence-electron chi connectivity index (χ4n) is 8.13. The molecule has 0 aromatic heterocycles. The van der Waals surface area contributed by atoms with Crippen LogP contribution >= 0.6 is 0 Å². The molecule has 1 amide bonds. The maximum absolute atomic E-state index is 12.4. The number of rotatable bonds is 50. The monoisotopic (exact) mass is 884 g/mol. The van der Waals surface area contributed by atoms with Crippen LogP contribution in [0.2, 0.25) is 0 Å². The molecule has 0 aliphatic rings. The average Bonchev–Trinajstić information content (AvgIpc) is 3.28. The number of carbonyl (C=O) groups excluding carboxylic acids is 2. The van der Waals surface area contributed by atoms with E-state index in [0.29, 0.717) is 25.9 Å². The Morgan fingerprint density at radius 2 is 0.841 bits per heavy atom. The van der Waals surface area contributed by atoms with Crippen LogP contribution in [0.25, 0.3) is 0 Å². The third-order valence-electron chi connectivity index (χ3n) is 12.4. The van der Waals surface area contributed by atoms with Crippen molar-refractivity contribution in [1.82, 2.24) is 5.32 Å². The van der Waals surface area contributed by atoms with Gasteiger partial charge in [-0.3, -0.25) is 9.59 Å². The summed E-state index contributed by atoms with van der Waals surface area (Å²) in [5.74, 6) is -0.0885. The third-order valence-corrected chi connectivity index (χ3v) is 12.4. The summed E-state index contributed by atoms with van der Waals surface area (Å²) < 4.78 is 5.45. The first-order valence-electron chi connectivity index (χ1n) is 27.4. The minimum atomic E-state index is -0.679. The first kappa shape index (κ1) is 60.8. The molecule has 0 bridgehead atoms. The molecule has 0 heterocycles. The number of ether oxygens (including phenoxy) is 1. The van der Waals surface area contributed by atoms with E-state index < -0.39 is 12.1 Å². The lowest BCUT2D eigenvalue weighted by Gasteiger charge is -2.22.